The molecule has 0 aromatic heterocycles. The van der Waals surface area contributed by atoms with Gasteiger partial charge in [0.15, 0.2) is 0 Å². The Bertz CT molecular complexity index is 373. The lowest BCUT2D eigenvalue weighted by atomic mass is 9.91. The Hall–Kier alpha value is -0.970. The van der Waals surface area contributed by atoms with Crippen LogP contribution in [0.1, 0.15) is 31.9 Å². The fraction of sp³-hybridized carbons (Fsp3) is 0.538. The summed E-state index contributed by atoms with van der Waals surface area (Å²) in [5.41, 5.74) is 6.74. The van der Waals surface area contributed by atoms with Crippen LogP contribution in [0.2, 0.25) is 0 Å². The maximum atomic E-state index is 10.1. The number of hydrogen-bond donors (Lipinski definition) is 3. The van der Waals surface area contributed by atoms with Crippen molar-refractivity contribution < 1.29 is 14.9 Å². The van der Waals surface area contributed by atoms with Gasteiger partial charge in [-0.1, -0.05) is 20.3 Å². The van der Waals surface area contributed by atoms with Crippen LogP contribution in [0.3, 0.4) is 0 Å². The third-order valence-corrected chi connectivity index (χ3v) is 3.17. The number of ether oxygens (including phenoxy) is 1. The molecule has 5 heteroatoms. The Balaban J connectivity index is 0.00000289. The molecule has 0 aliphatic rings. The number of benzene rings is 1. The lowest BCUT2D eigenvalue weighted by Crippen LogP contribution is -2.31. The number of aromatic hydroxyl groups is 1. The Morgan fingerprint density at radius 1 is 1.39 bits per heavy atom. The molecule has 0 saturated heterocycles. The van der Waals surface area contributed by atoms with Gasteiger partial charge in [-0.3, -0.25) is 0 Å². The van der Waals surface area contributed by atoms with Crippen molar-refractivity contribution in [3.05, 3.63) is 23.8 Å². The number of phenolic OH excluding ortho intramolecular Hbond substituents is 1. The second-order valence-electron chi connectivity index (χ2n) is 4.33. The SMILES string of the molecule is CCC(C)[C@@H](O)[C@@H](N)c1ccc(O)cc1OC.Cl. The molecule has 1 aromatic rings. The first-order chi connectivity index (χ1) is 8.01. The fourth-order valence-corrected chi connectivity index (χ4v) is 1.75. The zero-order valence-corrected chi connectivity index (χ0v) is 11.8. The topological polar surface area (TPSA) is 75.7 Å². The number of halogens is 1. The van der Waals surface area contributed by atoms with E-state index in [0.29, 0.717) is 11.3 Å². The van der Waals surface area contributed by atoms with E-state index in [0.717, 1.165) is 6.42 Å². The molecule has 0 aliphatic carbocycles. The van der Waals surface area contributed by atoms with Gasteiger partial charge in [-0.05, 0) is 18.1 Å². The van der Waals surface area contributed by atoms with Crippen molar-refractivity contribution in [3.63, 3.8) is 0 Å². The molecule has 0 heterocycles. The van der Waals surface area contributed by atoms with Crippen molar-refractivity contribution >= 4 is 12.4 Å². The van der Waals surface area contributed by atoms with Gasteiger partial charge < -0.3 is 20.7 Å². The predicted octanol–water partition coefficient (Wildman–Crippen LogP) is 2.23. The zero-order chi connectivity index (χ0) is 13.0. The van der Waals surface area contributed by atoms with Crippen molar-refractivity contribution in [2.45, 2.75) is 32.4 Å². The van der Waals surface area contributed by atoms with E-state index in [4.69, 9.17) is 10.5 Å². The zero-order valence-electron chi connectivity index (χ0n) is 11.0. The molecule has 0 radical (unpaired) electrons. The van der Waals surface area contributed by atoms with Crippen molar-refractivity contribution in [1.82, 2.24) is 0 Å². The molecule has 104 valence electrons. The van der Waals surface area contributed by atoms with Crippen molar-refractivity contribution in [1.29, 1.82) is 0 Å². The van der Waals surface area contributed by atoms with Crippen LogP contribution in [0.25, 0.3) is 0 Å². The van der Waals surface area contributed by atoms with Gasteiger partial charge in [0.2, 0.25) is 0 Å². The Morgan fingerprint density at radius 3 is 2.50 bits per heavy atom. The predicted molar refractivity (Wildman–Crippen MR) is 74.3 cm³/mol. The first-order valence-electron chi connectivity index (χ1n) is 5.81. The largest absolute Gasteiger partial charge is 0.508 e. The molecule has 0 amide bonds. The van der Waals surface area contributed by atoms with E-state index >= 15 is 0 Å². The lowest BCUT2D eigenvalue weighted by molar-refractivity contribution is 0.0870. The Morgan fingerprint density at radius 2 is 2.00 bits per heavy atom. The molecule has 0 aliphatic heterocycles. The number of methoxy groups -OCH3 is 1. The van der Waals surface area contributed by atoms with Crippen LogP contribution in [0.5, 0.6) is 11.5 Å². The van der Waals surface area contributed by atoms with E-state index in [1.807, 2.05) is 13.8 Å². The summed E-state index contributed by atoms with van der Waals surface area (Å²) in [7, 11) is 1.51. The summed E-state index contributed by atoms with van der Waals surface area (Å²) in [6, 6.07) is 4.21. The third kappa shape index (κ3) is 3.77. The average molecular weight is 276 g/mol. The number of aliphatic hydroxyl groups is 1. The smallest absolute Gasteiger partial charge is 0.127 e. The van der Waals surface area contributed by atoms with E-state index in [9.17, 15) is 10.2 Å². The van der Waals surface area contributed by atoms with Gasteiger partial charge in [0, 0.05) is 11.6 Å². The van der Waals surface area contributed by atoms with Crippen molar-refractivity contribution in [2.75, 3.05) is 7.11 Å². The van der Waals surface area contributed by atoms with Crippen LogP contribution in [-0.4, -0.2) is 23.4 Å². The van der Waals surface area contributed by atoms with Crippen LogP contribution >= 0.6 is 12.4 Å². The number of aliphatic hydroxyl groups excluding tert-OH is 1. The number of phenols is 1. The van der Waals surface area contributed by atoms with Gasteiger partial charge in [0.25, 0.3) is 0 Å². The number of rotatable bonds is 5. The summed E-state index contributed by atoms with van der Waals surface area (Å²) in [5, 5.41) is 19.4. The number of nitrogens with two attached hydrogens (primary N) is 1. The monoisotopic (exact) mass is 275 g/mol. The molecule has 18 heavy (non-hydrogen) atoms. The summed E-state index contributed by atoms with van der Waals surface area (Å²) in [6.07, 6.45) is 0.230. The lowest BCUT2D eigenvalue weighted by Gasteiger charge is -2.25. The average Bonchev–Trinajstić information content (AvgIpc) is 2.35. The van der Waals surface area contributed by atoms with Crippen molar-refractivity contribution in [2.24, 2.45) is 11.7 Å². The summed E-state index contributed by atoms with van der Waals surface area (Å²) < 4.78 is 5.16. The highest BCUT2D eigenvalue weighted by molar-refractivity contribution is 5.85. The van der Waals surface area contributed by atoms with Crippen LogP contribution in [-0.2, 0) is 0 Å². The molecule has 4 N–H and O–H groups in total. The standard InChI is InChI=1S/C13H21NO3.ClH/c1-4-8(2)13(16)12(14)10-6-5-9(15)7-11(10)17-3;/h5-8,12-13,15-16H,4,14H2,1-3H3;1H/t8?,12-,13+;/m0./s1. The first-order valence-corrected chi connectivity index (χ1v) is 5.81. The summed E-state index contributed by atoms with van der Waals surface area (Å²) in [4.78, 5) is 0. The van der Waals surface area contributed by atoms with Gasteiger partial charge in [0.1, 0.15) is 11.5 Å². The molecule has 0 saturated carbocycles. The second-order valence-corrected chi connectivity index (χ2v) is 4.33. The molecular weight excluding hydrogens is 254 g/mol. The van der Waals surface area contributed by atoms with E-state index < -0.39 is 12.1 Å². The molecule has 1 rings (SSSR count). The minimum absolute atomic E-state index is 0. The summed E-state index contributed by atoms with van der Waals surface area (Å²) in [6.45, 7) is 3.96. The minimum Gasteiger partial charge on any atom is -0.508 e. The van der Waals surface area contributed by atoms with E-state index in [2.05, 4.69) is 0 Å². The molecule has 0 spiro atoms. The van der Waals surface area contributed by atoms with Gasteiger partial charge in [-0.2, -0.15) is 0 Å². The van der Waals surface area contributed by atoms with Gasteiger partial charge in [-0.15, -0.1) is 12.4 Å². The van der Waals surface area contributed by atoms with Crippen LogP contribution in [0, 0.1) is 5.92 Å². The number of hydrogen-bond acceptors (Lipinski definition) is 4. The molecule has 1 aromatic carbocycles. The van der Waals surface area contributed by atoms with Gasteiger partial charge in [-0.25, -0.2) is 0 Å². The van der Waals surface area contributed by atoms with Crippen molar-refractivity contribution in [3.8, 4) is 11.5 Å². The molecule has 0 fully saturated rings. The molecule has 0 bridgehead atoms. The highest BCUT2D eigenvalue weighted by Crippen LogP contribution is 2.31. The maximum Gasteiger partial charge on any atom is 0.127 e. The Labute approximate surface area is 114 Å². The molecule has 3 atom stereocenters. The van der Waals surface area contributed by atoms with E-state index in [-0.39, 0.29) is 24.1 Å². The van der Waals surface area contributed by atoms with Crippen LogP contribution in [0.4, 0.5) is 0 Å². The highest BCUT2D eigenvalue weighted by atomic mass is 35.5. The van der Waals surface area contributed by atoms with Crippen LogP contribution < -0.4 is 10.5 Å². The highest BCUT2D eigenvalue weighted by Gasteiger charge is 2.24. The fourth-order valence-electron chi connectivity index (χ4n) is 1.75. The van der Waals surface area contributed by atoms with Crippen LogP contribution in [0.15, 0.2) is 18.2 Å². The third-order valence-electron chi connectivity index (χ3n) is 3.17. The Kier molecular flexibility index (Phi) is 7.06. The molecule has 4 nitrogen and oxygen atoms in total. The molecule has 1 unspecified atom stereocenters. The maximum absolute atomic E-state index is 10.1. The molecular formula is C13H22ClNO3. The van der Waals surface area contributed by atoms with Gasteiger partial charge in [0.05, 0.1) is 19.3 Å². The summed E-state index contributed by atoms with van der Waals surface area (Å²) in [5.74, 6) is 0.735. The summed E-state index contributed by atoms with van der Waals surface area (Å²) >= 11 is 0. The quantitative estimate of drug-likeness (QED) is 0.770. The van der Waals surface area contributed by atoms with E-state index in [1.165, 1.54) is 13.2 Å². The second kappa shape index (κ2) is 7.46. The van der Waals surface area contributed by atoms with Gasteiger partial charge >= 0.3 is 0 Å². The first kappa shape index (κ1) is 17.0. The minimum atomic E-state index is -0.626. The normalized spacial score (nSPS) is 15.4. The van der Waals surface area contributed by atoms with E-state index in [1.54, 1.807) is 12.1 Å².